The zero-order valence-electron chi connectivity index (χ0n) is 12.0. The van der Waals surface area contributed by atoms with E-state index in [2.05, 4.69) is 15.6 Å². The van der Waals surface area contributed by atoms with Crippen molar-refractivity contribution in [3.63, 3.8) is 0 Å². The van der Waals surface area contributed by atoms with Gasteiger partial charge in [0, 0.05) is 32.3 Å². The highest BCUT2D eigenvalue weighted by molar-refractivity contribution is 5.98. The van der Waals surface area contributed by atoms with Crippen LogP contribution < -0.4 is 10.6 Å². The molecule has 21 heavy (non-hydrogen) atoms. The summed E-state index contributed by atoms with van der Waals surface area (Å²) in [4.78, 5) is 27.0. The Hall–Kier alpha value is -2.69. The number of nitrogens with zero attached hydrogens (tertiary/aromatic N) is 1. The highest BCUT2D eigenvalue weighted by Crippen LogP contribution is 2.23. The lowest BCUT2D eigenvalue weighted by molar-refractivity contribution is -0.119. The molecule has 0 atom stereocenters. The number of carbonyl (C=O) groups is 2. The molecule has 1 aromatic carbocycles. The van der Waals surface area contributed by atoms with Gasteiger partial charge in [-0.1, -0.05) is 24.3 Å². The molecule has 0 unspecified atom stereocenters. The molecule has 0 saturated heterocycles. The van der Waals surface area contributed by atoms with Crippen LogP contribution >= 0.6 is 0 Å². The van der Waals surface area contributed by atoms with Crippen molar-refractivity contribution in [3.05, 3.63) is 53.9 Å². The molecule has 0 aliphatic rings. The second kappa shape index (κ2) is 6.65. The van der Waals surface area contributed by atoms with Gasteiger partial charge in [-0.3, -0.25) is 14.6 Å². The van der Waals surface area contributed by atoms with Gasteiger partial charge in [-0.05, 0) is 23.3 Å². The second-order valence-electron chi connectivity index (χ2n) is 4.59. The fourth-order valence-electron chi connectivity index (χ4n) is 2.01. The van der Waals surface area contributed by atoms with Crippen molar-refractivity contribution < 1.29 is 9.59 Å². The number of nitrogens with one attached hydrogen (secondary N) is 2. The number of aromatic nitrogens is 1. The van der Waals surface area contributed by atoms with Gasteiger partial charge in [-0.15, -0.1) is 0 Å². The lowest BCUT2D eigenvalue weighted by Crippen LogP contribution is -2.20. The monoisotopic (exact) mass is 283 g/mol. The minimum atomic E-state index is -0.224. The van der Waals surface area contributed by atoms with Gasteiger partial charge in [0.2, 0.25) is 5.91 Å². The first-order chi connectivity index (χ1) is 10.1. The van der Waals surface area contributed by atoms with E-state index in [-0.39, 0.29) is 11.8 Å². The van der Waals surface area contributed by atoms with Crippen LogP contribution in [0.5, 0.6) is 0 Å². The molecule has 2 amide bonds. The number of pyridine rings is 1. The lowest BCUT2D eigenvalue weighted by atomic mass is 10.0. The highest BCUT2D eigenvalue weighted by Gasteiger charge is 2.12. The van der Waals surface area contributed by atoms with Crippen molar-refractivity contribution >= 4 is 11.8 Å². The van der Waals surface area contributed by atoms with E-state index in [4.69, 9.17) is 0 Å². The van der Waals surface area contributed by atoms with E-state index >= 15 is 0 Å². The lowest BCUT2D eigenvalue weighted by Gasteiger charge is -2.09. The van der Waals surface area contributed by atoms with E-state index in [1.165, 1.54) is 6.92 Å². The summed E-state index contributed by atoms with van der Waals surface area (Å²) < 4.78 is 0. The Morgan fingerprint density at radius 3 is 2.71 bits per heavy atom. The maximum absolute atomic E-state index is 11.9. The molecule has 0 aliphatic carbocycles. The molecular formula is C16H17N3O2. The average Bonchev–Trinajstić information content (AvgIpc) is 2.52. The Balaban J connectivity index is 2.36. The van der Waals surface area contributed by atoms with Crippen LogP contribution in [0.4, 0.5) is 0 Å². The van der Waals surface area contributed by atoms with Crippen molar-refractivity contribution in [2.75, 3.05) is 7.05 Å². The van der Waals surface area contributed by atoms with E-state index in [1.54, 1.807) is 19.3 Å². The van der Waals surface area contributed by atoms with E-state index in [9.17, 15) is 9.59 Å². The molecule has 0 radical (unpaired) electrons. The molecule has 0 saturated carbocycles. The molecule has 2 rings (SSSR count). The zero-order valence-corrected chi connectivity index (χ0v) is 12.0. The fraction of sp³-hybridized carbons (Fsp3) is 0.188. The predicted molar refractivity (Wildman–Crippen MR) is 80.6 cm³/mol. The SMILES string of the molecule is CNC(=O)c1ncccc1-c1cccc(CNC(C)=O)c1. The van der Waals surface area contributed by atoms with Crippen LogP contribution in [0.15, 0.2) is 42.6 Å². The van der Waals surface area contributed by atoms with Gasteiger partial charge in [0.25, 0.3) is 5.91 Å². The molecular weight excluding hydrogens is 266 g/mol. The van der Waals surface area contributed by atoms with E-state index in [0.29, 0.717) is 12.2 Å². The Morgan fingerprint density at radius 1 is 1.19 bits per heavy atom. The summed E-state index contributed by atoms with van der Waals surface area (Å²) in [6.45, 7) is 1.94. The normalized spacial score (nSPS) is 10.0. The van der Waals surface area contributed by atoms with Crippen molar-refractivity contribution in [3.8, 4) is 11.1 Å². The Kier molecular flexibility index (Phi) is 4.66. The summed E-state index contributed by atoms with van der Waals surface area (Å²) in [7, 11) is 1.58. The number of amides is 2. The van der Waals surface area contributed by atoms with E-state index < -0.39 is 0 Å². The molecule has 5 heteroatoms. The topological polar surface area (TPSA) is 71.1 Å². The number of rotatable bonds is 4. The third kappa shape index (κ3) is 3.66. The maximum Gasteiger partial charge on any atom is 0.270 e. The van der Waals surface area contributed by atoms with Crippen LogP contribution in [-0.4, -0.2) is 23.8 Å². The van der Waals surface area contributed by atoms with Gasteiger partial charge in [-0.25, -0.2) is 0 Å². The van der Waals surface area contributed by atoms with E-state index in [0.717, 1.165) is 16.7 Å². The van der Waals surface area contributed by atoms with E-state index in [1.807, 2.05) is 30.3 Å². The van der Waals surface area contributed by atoms with Crippen LogP contribution in [0.2, 0.25) is 0 Å². The Labute approximate surface area is 123 Å². The standard InChI is InChI=1S/C16H17N3O2/c1-11(20)19-10-12-5-3-6-13(9-12)14-7-4-8-18-15(14)16(21)17-2/h3-9H,10H2,1-2H3,(H,17,21)(H,19,20). The molecule has 2 N–H and O–H groups in total. The number of hydrogen-bond acceptors (Lipinski definition) is 3. The summed E-state index contributed by atoms with van der Waals surface area (Å²) in [5, 5.41) is 5.34. The van der Waals surface area contributed by atoms with Gasteiger partial charge < -0.3 is 10.6 Å². The van der Waals surface area contributed by atoms with Gasteiger partial charge in [-0.2, -0.15) is 0 Å². The third-order valence-electron chi connectivity index (χ3n) is 3.03. The largest absolute Gasteiger partial charge is 0.354 e. The number of hydrogen-bond donors (Lipinski definition) is 2. The average molecular weight is 283 g/mol. The molecule has 5 nitrogen and oxygen atoms in total. The third-order valence-corrected chi connectivity index (χ3v) is 3.03. The summed E-state index contributed by atoms with van der Waals surface area (Å²) in [5.74, 6) is -0.300. The van der Waals surface area contributed by atoms with Crippen LogP contribution in [0.25, 0.3) is 11.1 Å². The van der Waals surface area contributed by atoms with Crippen molar-refractivity contribution in [1.29, 1.82) is 0 Å². The quantitative estimate of drug-likeness (QED) is 0.898. The van der Waals surface area contributed by atoms with Crippen LogP contribution in [-0.2, 0) is 11.3 Å². The first-order valence-corrected chi connectivity index (χ1v) is 6.62. The van der Waals surface area contributed by atoms with Crippen LogP contribution in [0.3, 0.4) is 0 Å². The molecule has 108 valence electrons. The molecule has 0 spiro atoms. The second-order valence-corrected chi connectivity index (χ2v) is 4.59. The Bertz CT molecular complexity index is 668. The van der Waals surface area contributed by atoms with Crippen molar-refractivity contribution in [2.24, 2.45) is 0 Å². The first kappa shape index (κ1) is 14.7. The summed E-state index contributed by atoms with van der Waals surface area (Å²) in [6.07, 6.45) is 1.59. The van der Waals surface area contributed by atoms with Crippen LogP contribution in [0.1, 0.15) is 23.0 Å². The van der Waals surface area contributed by atoms with Crippen molar-refractivity contribution in [2.45, 2.75) is 13.5 Å². The zero-order chi connectivity index (χ0) is 15.2. The summed E-state index contributed by atoms with van der Waals surface area (Å²) >= 11 is 0. The molecule has 1 heterocycles. The minimum Gasteiger partial charge on any atom is -0.354 e. The van der Waals surface area contributed by atoms with Gasteiger partial charge >= 0.3 is 0 Å². The predicted octanol–water partition coefficient (Wildman–Crippen LogP) is 1.74. The van der Waals surface area contributed by atoms with Gasteiger partial charge in [0.1, 0.15) is 5.69 Å². The number of carbonyl (C=O) groups excluding carboxylic acids is 2. The highest BCUT2D eigenvalue weighted by atomic mass is 16.2. The van der Waals surface area contributed by atoms with Gasteiger partial charge in [0.05, 0.1) is 0 Å². The van der Waals surface area contributed by atoms with Crippen LogP contribution in [0, 0.1) is 0 Å². The summed E-state index contributed by atoms with van der Waals surface area (Å²) in [6, 6.07) is 11.3. The maximum atomic E-state index is 11.9. The van der Waals surface area contributed by atoms with Crippen molar-refractivity contribution in [1.82, 2.24) is 15.6 Å². The molecule has 1 aromatic heterocycles. The minimum absolute atomic E-state index is 0.0761. The molecule has 0 fully saturated rings. The molecule has 0 aliphatic heterocycles. The number of benzene rings is 1. The molecule has 0 bridgehead atoms. The smallest absolute Gasteiger partial charge is 0.270 e. The first-order valence-electron chi connectivity index (χ1n) is 6.62. The Morgan fingerprint density at radius 2 is 2.00 bits per heavy atom. The summed E-state index contributed by atoms with van der Waals surface area (Å²) in [5.41, 5.74) is 3.01. The van der Waals surface area contributed by atoms with Gasteiger partial charge in [0.15, 0.2) is 0 Å². The fourth-order valence-corrected chi connectivity index (χ4v) is 2.01. The molecule has 2 aromatic rings.